The molecule has 26 valence electrons. The Morgan fingerprint density at radius 3 is 1.20 bits per heavy atom. The molecular formula is C2CeCl2. The van der Waals surface area contributed by atoms with E-state index in [0.29, 0.717) is 0 Å². The molecule has 0 aliphatic rings. The van der Waals surface area contributed by atoms with E-state index in [0.717, 1.165) is 0 Å². The molecule has 0 amide bonds. The van der Waals surface area contributed by atoms with Crippen molar-refractivity contribution in [2.75, 3.05) is 0 Å². The molecule has 0 atom stereocenters. The van der Waals surface area contributed by atoms with Crippen LogP contribution in [-0.4, -0.2) is 0 Å². The number of hydrogen-bond donors (Lipinski definition) is 0. The van der Waals surface area contributed by atoms with Crippen LogP contribution in [0.4, 0.5) is 0 Å². The van der Waals surface area contributed by atoms with Gasteiger partial charge in [-0.25, -0.2) is 0 Å². The van der Waals surface area contributed by atoms with Gasteiger partial charge < -0.3 is 12.8 Å². The zero-order chi connectivity index (χ0) is 4.71. The van der Waals surface area contributed by atoms with Crippen molar-refractivity contribution >= 4 is 11.3 Å². The van der Waals surface area contributed by atoms with Crippen molar-refractivity contribution in [1.82, 2.24) is 0 Å². The van der Waals surface area contributed by atoms with Crippen molar-refractivity contribution in [3.05, 3.63) is 12.8 Å². The van der Waals surface area contributed by atoms with Crippen molar-refractivity contribution in [3.8, 4) is 0 Å². The van der Waals surface area contributed by atoms with Gasteiger partial charge in [0.15, 0.2) is 0 Å². The zero-order valence-corrected chi connectivity index (χ0v) is 6.91. The summed E-state index contributed by atoms with van der Waals surface area (Å²) in [4.78, 5) is 0. The summed E-state index contributed by atoms with van der Waals surface area (Å²) in [6.45, 7) is 0. The first kappa shape index (κ1) is 9.72. The van der Waals surface area contributed by atoms with Crippen LogP contribution in [0.3, 0.4) is 0 Å². The summed E-state index contributed by atoms with van der Waals surface area (Å²) in [6.07, 6.45) is 10.0. The summed E-state index contributed by atoms with van der Waals surface area (Å²) >= 11 is -0.972. The van der Waals surface area contributed by atoms with Crippen LogP contribution >= 0.6 is 11.3 Å². The van der Waals surface area contributed by atoms with Gasteiger partial charge in [0.2, 0.25) is 0 Å². The SMILES string of the molecule is [C-]#[C-].[Cl][Ce+2][Cl]. The molecule has 0 nitrogen and oxygen atoms in total. The van der Waals surface area contributed by atoms with Crippen LogP contribution in [0, 0.1) is 47.2 Å². The van der Waals surface area contributed by atoms with E-state index in [1.54, 1.807) is 0 Å². The summed E-state index contributed by atoms with van der Waals surface area (Å²) in [5, 5.41) is 0. The molecule has 0 fully saturated rings. The second-order valence-corrected chi connectivity index (χ2v) is 4.68. The summed E-state index contributed by atoms with van der Waals surface area (Å²) < 4.78 is 0. The van der Waals surface area contributed by atoms with E-state index < -0.39 is 34.4 Å². The topological polar surface area (TPSA) is 0 Å². The van der Waals surface area contributed by atoms with Gasteiger partial charge in [0.05, 0.1) is 0 Å². The molecule has 0 aliphatic carbocycles. The van der Waals surface area contributed by atoms with Crippen molar-refractivity contribution in [2.45, 2.75) is 0 Å². The second kappa shape index (κ2) is 17.8. The summed E-state index contributed by atoms with van der Waals surface area (Å²) in [7, 11) is 0. The average Bonchev–Trinajstić information content (AvgIpc) is 1.46. The van der Waals surface area contributed by atoms with Crippen LogP contribution in [0.5, 0.6) is 0 Å². The van der Waals surface area contributed by atoms with Gasteiger partial charge in [0.25, 0.3) is 0 Å². The normalized spacial score (nSPS) is 2.40. The number of hydrogen-bond acceptors (Lipinski definition) is 0. The third kappa shape index (κ3) is 29.7. The third-order valence-electron chi connectivity index (χ3n) is 0. The maximum absolute atomic E-state index is 5.00. The van der Waals surface area contributed by atoms with Gasteiger partial charge >= 0.3 is 45.6 Å². The van der Waals surface area contributed by atoms with Crippen LogP contribution in [0.2, 0.25) is 0 Å². The fourth-order valence-electron chi connectivity index (χ4n) is 0. The molecule has 0 unspecified atom stereocenters. The molecule has 0 aromatic carbocycles. The van der Waals surface area contributed by atoms with Gasteiger partial charge in [-0.05, 0) is 0 Å². The van der Waals surface area contributed by atoms with E-state index in [2.05, 4.69) is 0 Å². The Kier molecular flexibility index (Phi) is 34.5. The molecule has 0 saturated carbocycles. The van der Waals surface area contributed by atoms with Gasteiger partial charge in [-0.3, -0.25) is 0 Å². The molecule has 0 N–H and O–H groups in total. The van der Waals surface area contributed by atoms with E-state index in [9.17, 15) is 0 Å². The summed E-state index contributed by atoms with van der Waals surface area (Å²) in [5.74, 6) is 0. The maximum atomic E-state index is 5.00. The van der Waals surface area contributed by atoms with E-state index >= 15 is 0 Å². The van der Waals surface area contributed by atoms with Crippen molar-refractivity contribution in [3.63, 3.8) is 0 Å². The fourth-order valence-corrected chi connectivity index (χ4v) is 0. The van der Waals surface area contributed by atoms with E-state index in [1.165, 1.54) is 0 Å². The molecule has 0 heterocycles. The monoisotopic (exact) mass is 234 g/mol. The van der Waals surface area contributed by atoms with Crippen LogP contribution < -0.4 is 0 Å². The van der Waals surface area contributed by atoms with Crippen molar-refractivity contribution < 1.29 is 34.4 Å². The third-order valence-corrected chi connectivity index (χ3v) is 0. The van der Waals surface area contributed by atoms with Crippen molar-refractivity contribution in [2.24, 2.45) is 0 Å². The molecule has 3 heteroatoms. The Hall–Kier alpha value is 1.52. The Bertz CT molecular complexity index is 18.9. The Balaban J connectivity index is 0. The molecule has 0 bridgehead atoms. The predicted molar refractivity (Wildman–Crippen MR) is 18.2 cm³/mol. The zero-order valence-electron chi connectivity index (χ0n) is 2.26. The quantitative estimate of drug-likeness (QED) is 0.441. The van der Waals surface area contributed by atoms with E-state index in [4.69, 9.17) is 24.1 Å². The van der Waals surface area contributed by atoms with E-state index in [-0.39, 0.29) is 0 Å². The predicted octanol–water partition coefficient (Wildman–Crippen LogP) is 1.54. The van der Waals surface area contributed by atoms with Gasteiger partial charge in [0, 0.05) is 0 Å². The van der Waals surface area contributed by atoms with Crippen LogP contribution in [0.25, 0.3) is 0 Å². The first-order chi connectivity index (χ1) is 2.41. The minimum atomic E-state index is -0.972. The fraction of sp³-hybridized carbons (Fsp3) is 0. The molecule has 0 aliphatic heterocycles. The van der Waals surface area contributed by atoms with E-state index in [1.807, 2.05) is 0 Å². The minimum absolute atomic E-state index is 0.972. The molecule has 0 saturated heterocycles. The second-order valence-electron chi connectivity index (χ2n) is 0.0714. The molecule has 0 radical (unpaired) electrons. The van der Waals surface area contributed by atoms with Gasteiger partial charge in [-0.15, -0.1) is 0 Å². The van der Waals surface area contributed by atoms with Crippen molar-refractivity contribution in [1.29, 1.82) is 0 Å². The molecule has 5 heavy (non-hydrogen) atoms. The molecule has 0 rings (SSSR count). The standard InChI is InChI=1S/C2.Ce.2ClH/c1-2;;;/h;;2*1H/q-2;+4;;/p-2. The summed E-state index contributed by atoms with van der Waals surface area (Å²) in [6, 6.07) is 0. The van der Waals surface area contributed by atoms with Gasteiger partial charge in [0.1, 0.15) is 0 Å². The Morgan fingerprint density at radius 1 is 1.20 bits per heavy atom. The van der Waals surface area contributed by atoms with Crippen LogP contribution in [-0.2, 0) is 0 Å². The molecule has 0 aromatic heterocycles. The summed E-state index contributed by atoms with van der Waals surface area (Å²) in [5.41, 5.74) is 9.92. The first-order valence-corrected chi connectivity index (χ1v) is 8.50. The van der Waals surface area contributed by atoms with Crippen LogP contribution in [0.15, 0.2) is 0 Å². The molecule has 0 aromatic rings. The molecule has 0 spiro atoms. The average molecular weight is 235 g/mol. The number of halogens is 2. The Morgan fingerprint density at radius 2 is 1.20 bits per heavy atom. The molecular weight excluding hydrogens is 235 g/mol. The van der Waals surface area contributed by atoms with Crippen LogP contribution in [0.1, 0.15) is 0 Å². The number of rotatable bonds is 0. The Labute approximate surface area is 57.3 Å². The van der Waals surface area contributed by atoms with Gasteiger partial charge in [-0.1, -0.05) is 0 Å². The first-order valence-electron chi connectivity index (χ1n) is 0.628. The van der Waals surface area contributed by atoms with Gasteiger partial charge in [-0.2, -0.15) is 0 Å².